The summed E-state index contributed by atoms with van der Waals surface area (Å²) in [5, 5.41) is 4.47. The molecule has 0 fully saturated rings. The number of nitrogens with two attached hydrogens (primary N) is 1. The van der Waals surface area contributed by atoms with Crippen LogP contribution in [0.3, 0.4) is 0 Å². The van der Waals surface area contributed by atoms with Crippen LogP contribution in [0.1, 0.15) is 25.1 Å². The summed E-state index contributed by atoms with van der Waals surface area (Å²) < 4.78 is 5.16. The molecule has 2 aromatic rings. The molecule has 6 nitrogen and oxygen atoms in total. The average molecular weight is 309 g/mol. The van der Waals surface area contributed by atoms with Crippen LogP contribution >= 0.6 is 11.3 Å². The number of methoxy groups -OCH3 is 1. The van der Waals surface area contributed by atoms with Gasteiger partial charge in [0.1, 0.15) is 10.6 Å². The minimum Gasteiger partial charge on any atom is -0.385 e. The summed E-state index contributed by atoms with van der Waals surface area (Å²) in [6.07, 6.45) is 0.982. The first-order valence-corrected chi connectivity index (χ1v) is 7.74. The molecule has 0 bridgehead atoms. The van der Waals surface area contributed by atoms with Crippen molar-refractivity contribution >= 4 is 33.3 Å². The SMILES string of the molecule is COCCC(C)(C)CNc1nc(NN)nc2sc(C)cc12. The van der Waals surface area contributed by atoms with E-state index >= 15 is 0 Å². The monoisotopic (exact) mass is 309 g/mol. The molecule has 0 saturated heterocycles. The van der Waals surface area contributed by atoms with E-state index in [1.54, 1.807) is 18.4 Å². The van der Waals surface area contributed by atoms with Crippen LogP contribution in [-0.2, 0) is 4.74 Å². The number of hydrogen-bond acceptors (Lipinski definition) is 7. The van der Waals surface area contributed by atoms with Crippen molar-refractivity contribution in [1.82, 2.24) is 9.97 Å². The number of anilines is 2. The largest absolute Gasteiger partial charge is 0.385 e. The van der Waals surface area contributed by atoms with Gasteiger partial charge in [-0.2, -0.15) is 4.98 Å². The summed E-state index contributed by atoms with van der Waals surface area (Å²) in [4.78, 5) is 11.0. The van der Waals surface area contributed by atoms with Crippen LogP contribution in [0.15, 0.2) is 6.07 Å². The van der Waals surface area contributed by atoms with E-state index in [4.69, 9.17) is 10.6 Å². The fourth-order valence-corrected chi connectivity index (χ4v) is 2.91. The highest BCUT2D eigenvalue weighted by atomic mass is 32.1. The number of thiophene rings is 1. The summed E-state index contributed by atoms with van der Waals surface area (Å²) >= 11 is 1.64. The van der Waals surface area contributed by atoms with Gasteiger partial charge in [-0.25, -0.2) is 10.8 Å². The van der Waals surface area contributed by atoms with Crippen molar-refractivity contribution in [2.45, 2.75) is 27.2 Å². The third-order valence-corrected chi connectivity index (χ3v) is 4.31. The Morgan fingerprint density at radius 1 is 1.38 bits per heavy atom. The maximum Gasteiger partial charge on any atom is 0.240 e. The summed E-state index contributed by atoms with van der Waals surface area (Å²) in [6, 6.07) is 2.10. The van der Waals surface area contributed by atoms with Crippen molar-refractivity contribution < 1.29 is 4.74 Å². The van der Waals surface area contributed by atoms with E-state index in [-0.39, 0.29) is 5.41 Å². The van der Waals surface area contributed by atoms with Gasteiger partial charge in [0.05, 0.1) is 5.39 Å². The summed E-state index contributed by atoms with van der Waals surface area (Å²) in [5.41, 5.74) is 2.64. The molecule has 2 heterocycles. The molecule has 4 N–H and O–H groups in total. The van der Waals surface area contributed by atoms with Gasteiger partial charge < -0.3 is 10.1 Å². The molecule has 0 aliphatic rings. The molecule has 7 heteroatoms. The standard InChI is InChI=1S/C14H23N5OS/c1-9-7-10-11(16-8-14(2,3)5-6-20-4)17-13(19-15)18-12(10)21-9/h7H,5-6,8,15H2,1-4H3,(H2,16,17,18,19). The fraction of sp³-hybridized carbons (Fsp3) is 0.571. The molecule has 2 aromatic heterocycles. The number of nitrogens with one attached hydrogen (secondary N) is 2. The van der Waals surface area contributed by atoms with Crippen LogP contribution < -0.4 is 16.6 Å². The van der Waals surface area contributed by atoms with Gasteiger partial charge in [-0.15, -0.1) is 11.3 Å². The van der Waals surface area contributed by atoms with Crippen LogP contribution in [0.5, 0.6) is 0 Å². The van der Waals surface area contributed by atoms with Crippen LogP contribution in [0.4, 0.5) is 11.8 Å². The highest BCUT2D eigenvalue weighted by Crippen LogP contribution is 2.30. The first kappa shape index (κ1) is 15.9. The molecule has 0 amide bonds. The number of nitrogens with zero attached hydrogens (tertiary/aromatic N) is 2. The fourth-order valence-electron chi connectivity index (χ4n) is 2.03. The molecule has 116 valence electrons. The maximum absolute atomic E-state index is 5.45. The summed E-state index contributed by atoms with van der Waals surface area (Å²) in [6.45, 7) is 8.04. The Bertz CT molecular complexity index is 611. The first-order valence-electron chi connectivity index (χ1n) is 6.93. The number of nitrogen functional groups attached to an aromatic ring is 1. The summed E-state index contributed by atoms with van der Waals surface area (Å²) in [5.74, 6) is 6.70. The quantitative estimate of drug-likeness (QED) is 0.539. The highest BCUT2D eigenvalue weighted by Gasteiger charge is 2.19. The maximum atomic E-state index is 5.45. The lowest BCUT2D eigenvalue weighted by Crippen LogP contribution is -2.25. The molecule has 0 unspecified atom stereocenters. The average Bonchev–Trinajstić information content (AvgIpc) is 2.82. The molecule has 0 aliphatic heterocycles. The van der Waals surface area contributed by atoms with Gasteiger partial charge in [-0.05, 0) is 24.8 Å². The van der Waals surface area contributed by atoms with Crippen molar-refractivity contribution in [1.29, 1.82) is 0 Å². The third-order valence-electron chi connectivity index (χ3n) is 3.36. The number of hydrogen-bond donors (Lipinski definition) is 3. The Morgan fingerprint density at radius 3 is 2.81 bits per heavy atom. The predicted octanol–water partition coefficient (Wildman–Crippen LogP) is 2.76. The Balaban J connectivity index is 2.20. The molecule has 0 aromatic carbocycles. The third kappa shape index (κ3) is 4.03. The smallest absolute Gasteiger partial charge is 0.240 e. The lowest BCUT2D eigenvalue weighted by Gasteiger charge is -2.25. The van der Waals surface area contributed by atoms with Crippen LogP contribution in [0, 0.1) is 12.3 Å². The zero-order valence-corrected chi connectivity index (χ0v) is 13.8. The Kier molecular flexibility index (Phi) is 4.97. The molecule has 0 saturated carbocycles. The highest BCUT2D eigenvalue weighted by molar-refractivity contribution is 7.18. The van der Waals surface area contributed by atoms with Gasteiger partial charge in [-0.1, -0.05) is 13.8 Å². The topological polar surface area (TPSA) is 85.1 Å². The van der Waals surface area contributed by atoms with Gasteiger partial charge >= 0.3 is 0 Å². The van der Waals surface area contributed by atoms with Gasteiger partial charge in [0.2, 0.25) is 5.95 Å². The zero-order valence-electron chi connectivity index (χ0n) is 13.0. The van der Waals surface area contributed by atoms with E-state index in [1.165, 1.54) is 4.88 Å². The van der Waals surface area contributed by atoms with Crippen molar-refractivity contribution in [3.8, 4) is 0 Å². The second-order valence-electron chi connectivity index (χ2n) is 5.88. The minimum atomic E-state index is 0.120. The molecule has 0 radical (unpaired) electrons. The van der Waals surface area contributed by atoms with Crippen molar-refractivity contribution in [2.75, 3.05) is 31.0 Å². The van der Waals surface area contributed by atoms with E-state index in [0.29, 0.717) is 5.95 Å². The second kappa shape index (κ2) is 6.55. The van der Waals surface area contributed by atoms with E-state index < -0.39 is 0 Å². The number of fused-ring (bicyclic) bond motifs is 1. The van der Waals surface area contributed by atoms with E-state index in [9.17, 15) is 0 Å². The van der Waals surface area contributed by atoms with Gasteiger partial charge in [0.25, 0.3) is 0 Å². The van der Waals surface area contributed by atoms with Gasteiger partial charge in [0, 0.05) is 25.1 Å². The molecular weight excluding hydrogens is 286 g/mol. The first-order chi connectivity index (χ1) is 9.95. The molecule has 2 rings (SSSR count). The summed E-state index contributed by atoms with van der Waals surface area (Å²) in [7, 11) is 1.73. The predicted molar refractivity (Wildman–Crippen MR) is 88.7 cm³/mol. The van der Waals surface area contributed by atoms with Crippen molar-refractivity contribution in [3.63, 3.8) is 0 Å². The number of ether oxygens (including phenoxy) is 1. The van der Waals surface area contributed by atoms with Gasteiger partial charge in [0.15, 0.2) is 0 Å². The second-order valence-corrected chi connectivity index (χ2v) is 7.11. The Labute approximate surface area is 129 Å². The minimum absolute atomic E-state index is 0.120. The molecule has 21 heavy (non-hydrogen) atoms. The van der Waals surface area contributed by atoms with Crippen LogP contribution in [-0.4, -0.2) is 30.2 Å². The normalized spacial score (nSPS) is 11.9. The van der Waals surface area contributed by atoms with Crippen LogP contribution in [0.2, 0.25) is 0 Å². The molecule has 0 spiro atoms. The number of aryl methyl sites for hydroxylation is 1. The van der Waals surface area contributed by atoms with Crippen molar-refractivity contribution in [2.24, 2.45) is 11.3 Å². The van der Waals surface area contributed by atoms with Gasteiger partial charge in [-0.3, -0.25) is 5.43 Å². The zero-order chi connectivity index (χ0) is 15.5. The lowest BCUT2D eigenvalue weighted by molar-refractivity contribution is 0.157. The number of hydrazine groups is 1. The number of rotatable bonds is 7. The molecule has 0 atom stereocenters. The lowest BCUT2D eigenvalue weighted by atomic mass is 9.90. The Hall–Kier alpha value is -1.44. The van der Waals surface area contributed by atoms with E-state index in [0.717, 1.165) is 35.6 Å². The molecular formula is C14H23N5OS. The Morgan fingerprint density at radius 2 is 2.14 bits per heavy atom. The van der Waals surface area contributed by atoms with Crippen molar-refractivity contribution in [3.05, 3.63) is 10.9 Å². The van der Waals surface area contributed by atoms with Crippen LogP contribution in [0.25, 0.3) is 10.2 Å². The molecule has 0 aliphatic carbocycles. The number of aromatic nitrogens is 2. The van der Waals surface area contributed by atoms with E-state index in [1.807, 2.05) is 0 Å². The van der Waals surface area contributed by atoms with E-state index in [2.05, 4.69) is 47.5 Å².